The molecule has 0 bridgehead atoms. The molecule has 30 heavy (non-hydrogen) atoms. The van der Waals surface area contributed by atoms with Crippen molar-refractivity contribution in [1.82, 2.24) is 19.5 Å². The quantitative estimate of drug-likeness (QED) is 0.680. The van der Waals surface area contributed by atoms with Crippen molar-refractivity contribution < 1.29 is 0 Å². The molecule has 3 N–H and O–H groups in total. The van der Waals surface area contributed by atoms with Crippen LogP contribution in [0.2, 0.25) is 0 Å². The van der Waals surface area contributed by atoms with Crippen LogP contribution < -0.4 is 16.7 Å². The summed E-state index contributed by atoms with van der Waals surface area (Å²) in [5.74, 6) is 2.10. The summed E-state index contributed by atoms with van der Waals surface area (Å²) in [5.41, 5.74) is 12.4. The number of hydrazine groups is 1. The monoisotopic (exact) mass is 404 g/mol. The van der Waals surface area contributed by atoms with Crippen LogP contribution >= 0.6 is 0 Å². The number of benzene rings is 1. The van der Waals surface area contributed by atoms with Crippen molar-refractivity contribution in [3.05, 3.63) is 52.4 Å². The molecule has 1 saturated carbocycles. The standard InChI is InChI=1S/C23H28N6O/c1-15-5-2-3-8-19(15)20-11-18-12-25-23(26-21(18)29(10-9-24)22(20)30)27-28-13-16-6-4-7-17(16)14-28/h2-3,5,8,11-12,16-17H,4,6-7,9-10,13-14,24H2,1H3,(H,25,26,27). The minimum atomic E-state index is -0.0670. The van der Waals surface area contributed by atoms with Gasteiger partial charge in [-0.05, 0) is 48.8 Å². The lowest BCUT2D eigenvalue weighted by molar-refractivity contribution is 0.369. The predicted molar refractivity (Wildman–Crippen MR) is 119 cm³/mol. The highest BCUT2D eigenvalue weighted by molar-refractivity contribution is 5.82. The molecule has 2 fully saturated rings. The van der Waals surface area contributed by atoms with Crippen LogP contribution in [-0.2, 0) is 6.54 Å². The molecule has 1 aliphatic heterocycles. The van der Waals surface area contributed by atoms with Gasteiger partial charge in [-0.25, -0.2) is 9.99 Å². The lowest BCUT2D eigenvalue weighted by atomic mass is 10.0. The average molecular weight is 405 g/mol. The third-order valence-corrected chi connectivity index (χ3v) is 6.60. The van der Waals surface area contributed by atoms with E-state index in [9.17, 15) is 4.79 Å². The summed E-state index contributed by atoms with van der Waals surface area (Å²) in [7, 11) is 0. The van der Waals surface area contributed by atoms with Gasteiger partial charge in [0.05, 0.1) is 0 Å². The Hall–Kier alpha value is -2.77. The van der Waals surface area contributed by atoms with E-state index in [-0.39, 0.29) is 5.56 Å². The maximum atomic E-state index is 13.3. The first-order valence-electron chi connectivity index (χ1n) is 10.8. The van der Waals surface area contributed by atoms with Gasteiger partial charge in [0.25, 0.3) is 5.56 Å². The summed E-state index contributed by atoms with van der Waals surface area (Å²) in [6.45, 7) is 4.87. The molecule has 0 radical (unpaired) electrons. The fourth-order valence-electron chi connectivity index (χ4n) is 5.09. The number of nitrogens with two attached hydrogens (primary N) is 1. The Kier molecular flexibility index (Phi) is 5.00. The van der Waals surface area contributed by atoms with Gasteiger partial charge < -0.3 is 5.73 Å². The molecule has 156 valence electrons. The molecule has 3 heterocycles. The largest absolute Gasteiger partial charge is 0.329 e. The second-order valence-electron chi connectivity index (χ2n) is 8.56. The number of aryl methyl sites for hydroxylation is 1. The summed E-state index contributed by atoms with van der Waals surface area (Å²) < 4.78 is 1.68. The van der Waals surface area contributed by atoms with Gasteiger partial charge in [-0.15, -0.1) is 0 Å². The molecule has 5 rings (SSSR count). The fourth-order valence-corrected chi connectivity index (χ4v) is 5.09. The molecule has 7 nitrogen and oxygen atoms in total. The molecular formula is C23H28N6O. The van der Waals surface area contributed by atoms with Crippen molar-refractivity contribution in [2.75, 3.05) is 25.1 Å². The number of hydrogen-bond donors (Lipinski definition) is 2. The Labute approximate surface area is 175 Å². The minimum Gasteiger partial charge on any atom is -0.329 e. The van der Waals surface area contributed by atoms with E-state index in [1.54, 1.807) is 10.8 Å². The van der Waals surface area contributed by atoms with Gasteiger partial charge in [-0.1, -0.05) is 30.7 Å². The van der Waals surface area contributed by atoms with E-state index in [2.05, 4.69) is 15.4 Å². The van der Waals surface area contributed by atoms with Crippen molar-refractivity contribution >= 4 is 17.0 Å². The van der Waals surface area contributed by atoms with E-state index in [4.69, 9.17) is 10.7 Å². The van der Waals surface area contributed by atoms with Crippen molar-refractivity contribution in [3.63, 3.8) is 0 Å². The zero-order chi connectivity index (χ0) is 20.7. The van der Waals surface area contributed by atoms with Crippen LogP contribution in [0.15, 0.2) is 41.3 Å². The first-order valence-corrected chi connectivity index (χ1v) is 10.8. The van der Waals surface area contributed by atoms with E-state index in [1.165, 1.54) is 19.3 Å². The van der Waals surface area contributed by atoms with E-state index in [0.717, 1.165) is 41.4 Å². The molecule has 2 aliphatic rings. The van der Waals surface area contributed by atoms with Gasteiger partial charge in [0, 0.05) is 43.3 Å². The fraction of sp³-hybridized carbons (Fsp3) is 0.435. The first-order chi connectivity index (χ1) is 14.6. The molecule has 0 spiro atoms. The number of nitrogens with one attached hydrogen (secondary N) is 1. The third-order valence-electron chi connectivity index (χ3n) is 6.60. The van der Waals surface area contributed by atoms with Crippen LogP contribution in [0, 0.1) is 18.8 Å². The Balaban J connectivity index is 1.53. The lowest BCUT2D eigenvalue weighted by Crippen LogP contribution is -2.30. The number of rotatable bonds is 5. The highest BCUT2D eigenvalue weighted by Crippen LogP contribution is 2.37. The average Bonchev–Trinajstić information content (AvgIpc) is 3.32. The minimum absolute atomic E-state index is 0.0670. The van der Waals surface area contributed by atoms with Crippen LogP contribution in [0.25, 0.3) is 22.2 Å². The zero-order valence-corrected chi connectivity index (χ0v) is 17.3. The highest BCUT2D eigenvalue weighted by atomic mass is 16.1. The molecular weight excluding hydrogens is 376 g/mol. The second kappa shape index (κ2) is 7.81. The van der Waals surface area contributed by atoms with Gasteiger partial charge in [0.2, 0.25) is 5.95 Å². The summed E-state index contributed by atoms with van der Waals surface area (Å²) in [6.07, 6.45) is 5.79. The van der Waals surface area contributed by atoms with Gasteiger partial charge in [0.1, 0.15) is 5.65 Å². The summed E-state index contributed by atoms with van der Waals surface area (Å²) >= 11 is 0. The Morgan fingerprint density at radius 3 is 2.67 bits per heavy atom. The van der Waals surface area contributed by atoms with Crippen molar-refractivity contribution in [3.8, 4) is 11.1 Å². The zero-order valence-electron chi connectivity index (χ0n) is 17.3. The second-order valence-corrected chi connectivity index (χ2v) is 8.56. The molecule has 2 atom stereocenters. The molecule has 7 heteroatoms. The first kappa shape index (κ1) is 19.2. The summed E-state index contributed by atoms with van der Waals surface area (Å²) in [4.78, 5) is 22.6. The smallest absolute Gasteiger partial charge is 0.260 e. The lowest BCUT2D eigenvalue weighted by Gasteiger charge is -2.19. The highest BCUT2D eigenvalue weighted by Gasteiger charge is 2.36. The van der Waals surface area contributed by atoms with Gasteiger partial charge in [-0.2, -0.15) is 4.98 Å². The van der Waals surface area contributed by atoms with Gasteiger partial charge in [-0.3, -0.25) is 14.8 Å². The Morgan fingerprint density at radius 2 is 1.93 bits per heavy atom. The maximum absolute atomic E-state index is 13.3. The number of nitrogens with zero attached hydrogens (tertiary/aromatic N) is 4. The molecule has 2 unspecified atom stereocenters. The molecule has 2 aromatic heterocycles. The van der Waals surface area contributed by atoms with Crippen LogP contribution in [0.3, 0.4) is 0 Å². The van der Waals surface area contributed by atoms with E-state index in [0.29, 0.717) is 30.2 Å². The van der Waals surface area contributed by atoms with Crippen LogP contribution in [0.4, 0.5) is 5.95 Å². The van der Waals surface area contributed by atoms with Gasteiger partial charge >= 0.3 is 0 Å². The topological polar surface area (TPSA) is 89.1 Å². The number of aromatic nitrogens is 3. The normalized spacial score (nSPS) is 21.3. The Bertz CT molecular complexity index is 1130. The SMILES string of the molecule is Cc1ccccc1-c1cc2cnc(NN3CC4CCCC4C3)nc2n(CCN)c1=O. The predicted octanol–water partition coefficient (Wildman–Crippen LogP) is 2.78. The van der Waals surface area contributed by atoms with Crippen LogP contribution in [0.5, 0.6) is 0 Å². The number of anilines is 1. The molecule has 3 aromatic rings. The molecule has 1 aliphatic carbocycles. The number of hydrogen-bond acceptors (Lipinski definition) is 6. The summed E-state index contributed by atoms with van der Waals surface area (Å²) in [6, 6.07) is 9.82. The van der Waals surface area contributed by atoms with Crippen molar-refractivity contribution in [2.24, 2.45) is 17.6 Å². The third kappa shape index (κ3) is 3.38. The maximum Gasteiger partial charge on any atom is 0.260 e. The molecule has 1 saturated heterocycles. The number of pyridine rings is 1. The van der Waals surface area contributed by atoms with Gasteiger partial charge in [0.15, 0.2) is 0 Å². The Morgan fingerprint density at radius 1 is 1.17 bits per heavy atom. The van der Waals surface area contributed by atoms with Crippen LogP contribution in [-0.4, -0.2) is 39.2 Å². The van der Waals surface area contributed by atoms with Crippen LogP contribution in [0.1, 0.15) is 24.8 Å². The van der Waals surface area contributed by atoms with Crippen molar-refractivity contribution in [2.45, 2.75) is 32.7 Å². The van der Waals surface area contributed by atoms with Crippen molar-refractivity contribution in [1.29, 1.82) is 0 Å². The van der Waals surface area contributed by atoms with E-state index in [1.807, 2.05) is 37.3 Å². The molecule has 0 amide bonds. The van der Waals surface area contributed by atoms with E-state index < -0.39 is 0 Å². The van der Waals surface area contributed by atoms with E-state index >= 15 is 0 Å². The molecule has 1 aromatic carbocycles. The summed E-state index contributed by atoms with van der Waals surface area (Å²) in [5, 5.41) is 3.06. The number of fused-ring (bicyclic) bond motifs is 2.